The maximum absolute atomic E-state index is 11.0. The molecule has 0 saturated carbocycles. The highest BCUT2D eigenvalue weighted by molar-refractivity contribution is 5.84. The summed E-state index contributed by atoms with van der Waals surface area (Å²) in [6, 6.07) is 0. The van der Waals surface area contributed by atoms with Crippen LogP contribution in [0.15, 0.2) is 24.3 Å². The molecule has 0 aromatic rings. The summed E-state index contributed by atoms with van der Waals surface area (Å²) in [7, 11) is 0. The molecule has 0 amide bonds. The molecule has 0 heterocycles. The lowest BCUT2D eigenvalue weighted by Crippen LogP contribution is -2.01. The molecule has 16 heavy (non-hydrogen) atoms. The lowest BCUT2D eigenvalue weighted by Gasteiger charge is -1.96. The second-order valence-electron chi connectivity index (χ2n) is 3.05. The van der Waals surface area contributed by atoms with Crippen molar-refractivity contribution >= 4 is 11.9 Å². The van der Waals surface area contributed by atoms with Crippen molar-refractivity contribution in [3.63, 3.8) is 0 Å². The van der Waals surface area contributed by atoms with E-state index < -0.39 is 11.9 Å². The summed E-state index contributed by atoms with van der Waals surface area (Å²) in [5.41, 5.74) is 0. The molecular weight excluding hydrogens is 208 g/mol. The predicted molar refractivity (Wildman–Crippen MR) is 60.8 cm³/mol. The molecule has 0 spiro atoms. The minimum atomic E-state index is -0.409. The predicted octanol–water partition coefficient (Wildman–Crippen LogP) is 2.01. The summed E-state index contributed by atoms with van der Waals surface area (Å²) in [4.78, 5) is 21.9. The molecule has 0 aliphatic carbocycles. The van der Waals surface area contributed by atoms with Gasteiger partial charge < -0.3 is 9.47 Å². The normalized spacial score (nSPS) is 10.9. The van der Waals surface area contributed by atoms with E-state index in [4.69, 9.17) is 9.47 Å². The largest absolute Gasteiger partial charge is 0.463 e. The van der Waals surface area contributed by atoms with Gasteiger partial charge in [0.05, 0.1) is 13.2 Å². The number of ether oxygens (including phenoxy) is 2. The summed E-state index contributed by atoms with van der Waals surface area (Å²) in [5.74, 6) is -0.818. The van der Waals surface area contributed by atoms with Gasteiger partial charge in [-0.15, -0.1) is 0 Å². The van der Waals surface area contributed by atoms with E-state index in [1.165, 1.54) is 24.3 Å². The van der Waals surface area contributed by atoms with Crippen LogP contribution in [0, 0.1) is 0 Å². The fraction of sp³-hybridized carbons (Fsp3) is 0.500. The molecule has 0 aliphatic rings. The van der Waals surface area contributed by atoms with Crippen molar-refractivity contribution in [2.75, 3.05) is 13.2 Å². The van der Waals surface area contributed by atoms with Gasteiger partial charge in [0.25, 0.3) is 0 Å². The van der Waals surface area contributed by atoms with Crippen molar-refractivity contribution < 1.29 is 19.1 Å². The zero-order chi connectivity index (χ0) is 12.2. The van der Waals surface area contributed by atoms with Crippen LogP contribution in [0.3, 0.4) is 0 Å². The summed E-state index contributed by atoms with van der Waals surface area (Å²) < 4.78 is 9.57. The average molecular weight is 226 g/mol. The van der Waals surface area contributed by atoms with Crippen molar-refractivity contribution in [3.05, 3.63) is 24.3 Å². The van der Waals surface area contributed by atoms with E-state index in [0.29, 0.717) is 13.2 Å². The molecule has 0 rings (SSSR count). The quantitative estimate of drug-likeness (QED) is 0.378. The Bertz CT molecular complexity index is 238. The molecule has 4 heteroatoms. The van der Waals surface area contributed by atoms with Crippen molar-refractivity contribution in [1.29, 1.82) is 0 Å². The number of allylic oxidation sites excluding steroid dienone is 2. The van der Waals surface area contributed by atoms with Gasteiger partial charge in [-0.2, -0.15) is 0 Å². The van der Waals surface area contributed by atoms with Crippen LogP contribution in [-0.2, 0) is 19.1 Å². The first-order valence-electron chi connectivity index (χ1n) is 5.39. The van der Waals surface area contributed by atoms with Gasteiger partial charge in [-0.3, -0.25) is 0 Å². The van der Waals surface area contributed by atoms with E-state index in [1.54, 1.807) is 0 Å². The maximum atomic E-state index is 11.0. The van der Waals surface area contributed by atoms with E-state index in [2.05, 4.69) is 0 Å². The number of hydrogen-bond acceptors (Lipinski definition) is 4. The smallest absolute Gasteiger partial charge is 0.330 e. The van der Waals surface area contributed by atoms with Gasteiger partial charge in [0.15, 0.2) is 0 Å². The molecule has 0 atom stereocenters. The molecule has 0 radical (unpaired) electrons. The monoisotopic (exact) mass is 226 g/mol. The van der Waals surface area contributed by atoms with Crippen molar-refractivity contribution in [1.82, 2.24) is 0 Å². The first-order valence-corrected chi connectivity index (χ1v) is 5.39. The molecule has 0 N–H and O–H groups in total. The van der Waals surface area contributed by atoms with Gasteiger partial charge >= 0.3 is 11.9 Å². The molecular formula is C12H18O4. The van der Waals surface area contributed by atoms with Crippen molar-refractivity contribution in [3.8, 4) is 0 Å². The van der Waals surface area contributed by atoms with Gasteiger partial charge in [-0.25, -0.2) is 9.59 Å². The zero-order valence-corrected chi connectivity index (χ0v) is 9.77. The second-order valence-corrected chi connectivity index (χ2v) is 3.05. The Balaban J connectivity index is 3.76. The minimum Gasteiger partial charge on any atom is -0.463 e. The first kappa shape index (κ1) is 14.4. The first-order chi connectivity index (χ1) is 7.70. The number of carbonyl (C=O) groups excluding carboxylic acids is 2. The Kier molecular flexibility index (Phi) is 8.97. The number of carbonyl (C=O) groups is 2. The van der Waals surface area contributed by atoms with Crippen LogP contribution in [-0.4, -0.2) is 25.2 Å². The standard InChI is InChI=1S/C12H18O4/c1-3-9-15-11(13)7-5-6-8-12(14)16-10-4-2/h5-8H,3-4,9-10H2,1-2H3. The van der Waals surface area contributed by atoms with E-state index in [-0.39, 0.29) is 0 Å². The minimum absolute atomic E-state index is 0.408. The van der Waals surface area contributed by atoms with E-state index in [0.717, 1.165) is 12.8 Å². The van der Waals surface area contributed by atoms with Crippen LogP contribution in [0.5, 0.6) is 0 Å². The molecule has 0 aromatic carbocycles. The molecule has 90 valence electrons. The molecule has 0 unspecified atom stereocenters. The second kappa shape index (κ2) is 9.96. The van der Waals surface area contributed by atoms with E-state index in [9.17, 15) is 9.59 Å². The van der Waals surface area contributed by atoms with Crippen LogP contribution in [0.1, 0.15) is 26.7 Å². The van der Waals surface area contributed by atoms with Gasteiger partial charge in [0.2, 0.25) is 0 Å². The van der Waals surface area contributed by atoms with E-state index >= 15 is 0 Å². The molecule has 0 saturated heterocycles. The third-order valence-corrected chi connectivity index (χ3v) is 1.47. The topological polar surface area (TPSA) is 52.6 Å². The third-order valence-electron chi connectivity index (χ3n) is 1.47. The number of hydrogen-bond donors (Lipinski definition) is 0. The van der Waals surface area contributed by atoms with Gasteiger partial charge in [-0.05, 0) is 12.8 Å². The SMILES string of the molecule is CCCOC(=O)C=CC=CC(=O)OCCC. The lowest BCUT2D eigenvalue weighted by atomic mass is 10.4. The molecule has 0 fully saturated rings. The Hall–Kier alpha value is -1.58. The highest BCUT2D eigenvalue weighted by atomic mass is 16.5. The van der Waals surface area contributed by atoms with Gasteiger partial charge in [0.1, 0.15) is 0 Å². The lowest BCUT2D eigenvalue weighted by molar-refractivity contribution is -0.138. The van der Waals surface area contributed by atoms with Crippen molar-refractivity contribution in [2.24, 2.45) is 0 Å². The Morgan fingerprint density at radius 3 is 1.56 bits per heavy atom. The Morgan fingerprint density at radius 2 is 1.25 bits per heavy atom. The fourth-order valence-corrected chi connectivity index (χ4v) is 0.770. The third kappa shape index (κ3) is 8.99. The van der Waals surface area contributed by atoms with Crippen LogP contribution >= 0.6 is 0 Å². The van der Waals surface area contributed by atoms with Crippen LogP contribution in [0.4, 0.5) is 0 Å². The fourth-order valence-electron chi connectivity index (χ4n) is 0.770. The van der Waals surface area contributed by atoms with Gasteiger partial charge in [-0.1, -0.05) is 26.0 Å². The van der Waals surface area contributed by atoms with Crippen molar-refractivity contribution in [2.45, 2.75) is 26.7 Å². The molecule has 0 aromatic heterocycles. The number of esters is 2. The maximum Gasteiger partial charge on any atom is 0.330 e. The Morgan fingerprint density at radius 1 is 0.875 bits per heavy atom. The summed E-state index contributed by atoms with van der Waals surface area (Å²) in [6.45, 7) is 4.65. The number of rotatable bonds is 7. The summed E-state index contributed by atoms with van der Waals surface area (Å²) in [6.07, 6.45) is 7.01. The van der Waals surface area contributed by atoms with Crippen LogP contribution in [0.2, 0.25) is 0 Å². The summed E-state index contributed by atoms with van der Waals surface area (Å²) in [5, 5.41) is 0. The average Bonchev–Trinajstić information content (AvgIpc) is 2.29. The molecule has 4 nitrogen and oxygen atoms in total. The molecule has 0 aliphatic heterocycles. The zero-order valence-electron chi connectivity index (χ0n) is 9.77. The summed E-state index contributed by atoms with van der Waals surface area (Å²) >= 11 is 0. The van der Waals surface area contributed by atoms with Crippen LogP contribution < -0.4 is 0 Å². The highest BCUT2D eigenvalue weighted by Crippen LogP contribution is 1.88. The van der Waals surface area contributed by atoms with Crippen LogP contribution in [0.25, 0.3) is 0 Å². The Labute approximate surface area is 95.9 Å². The molecule has 0 bridgehead atoms. The van der Waals surface area contributed by atoms with Gasteiger partial charge in [0, 0.05) is 12.2 Å². The highest BCUT2D eigenvalue weighted by Gasteiger charge is 1.94. The van der Waals surface area contributed by atoms with E-state index in [1.807, 2.05) is 13.8 Å².